The molecule has 0 saturated carbocycles. The number of nitrogens with zero attached hydrogens (tertiary/aromatic N) is 3. The van der Waals surface area contributed by atoms with Crippen molar-refractivity contribution < 1.29 is 19.1 Å². The minimum Gasteiger partial charge on any atom is -0.497 e. The van der Waals surface area contributed by atoms with E-state index in [1.807, 2.05) is 6.92 Å². The second kappa shape index (κ2) is 11.2. The van der Waals surface area contributed by atoms with Crippen LogP contribution in [0, 0.1) is 0 Å². The van der Waals surface area contributed by atoms with Crippen LogP contribution in [0.5, 0.6) is 11.5 Å². The summed E-state index contributed by atoms with van der Waals surface area (Å²) in [6, 6.07) is 14.2. The van der Waals surface area contributed by atoms with Gasteiger partial charge in [-0.1, -0.05) is 11.8 Å². The third kappa shape index (κ3) is 6.48. The van der Waals surface area contributed by atoms with Crippen molar-refractivity contribution in [3.63, 3.8) is 0 Å². The standard InChI is InChI=1S/C22H25N5O4S/c1-4-31-18-11-7-15(8-12-18)23-20(28)13-19-25-26-22(27(19)2)32-14-21(29)24-16-5-9-17(30-3)10-6-16/h5-12H,4,13-14H2,1-3H3,(H,23,28)(H,24,29). The molecule has 2 aromatic carbocycles. The van der Waals surface area contributed by atoms with Crippen LogP contribution in [-0.2, 0) is 23.1 Å². The lowest BCUT2D eigenvalue weighted by molar-refractivity contribution is -0.116. The van der Waals surface area contributed by atoms with Crippen LogP contribution in [0.25, 0.3) is 0 Å². The summed E-state index contributed by atoms with van der Waals surface area (Å²) in [5.74, 6) is 1.76. The van der Waals surface area contributed by atoms with Crippen LogP contribution in [0.4, 0.5) is 11.4 Å². The molecule has 0 bridgehead atoms. The van der Waals surface area contributed by atoms with Crippen LogP contribution >= 0.6 is 11.8 Å². The topological polar surface area (TPSA) is 107 Å². The Morgan fingerprint density at radius 1 is 0.938 bits per heavy atom. The van der Waals surface area contributed by atoms with Crippen molar-refractivity contribution in [3.05, 3.63) is 54.4 Å². The summed E-state index contributed by atoms with van der Waals surface area (Å²) in [6.07, 6.45) is 0.0648. The Morgan fingerprint density at radius 3 is 2.12 bits per heavy atom. The van der Waals surface area contributed by atoms with Gasteiger partial charge in [0.1, 0.15) is 17.3 Å². The summed E-state index contributed by atoms with van der Waals surface area (Å²) in [6.45, 7) is 2.50. The number of anilines is 2. The SMILES string of the molecule is CCOc1ccc(NC(=O)Cc2nnc(SCC(=O)Nc3ccc(OC)cc3)n2C)cc1. The molecule has 3 aromatic rings. The number of rotatable bonds is 10. The maximum Gasteiger partial charge on any atom is 0.234 e. The van der Waals surface area contributed by atoms with Crippen molar-refractivity contribution in [3.8, 4) is 11.5 Å². The molecule has 10 heteroatoms. The third-order valence-corrected chi connectivity index (χ3v) is 5.42. The first-order chi connectivity index (χ1) is 15.5. The Morgan fingerprint density at radius 2 is 1.53 bits per heavy atom. The number of carbonyl (C=O) groups is 2. The van der Waals surface area contributed by atoms with Gasteiger partial charge in [0, 0.05) is 18.4 Å². The number of aromatic nitrogens is 3. The van der Waals surface area contributed by atoms with E-state index in [1.54, 1.807) is 67.3 Å². The summed E-state index contributed by atoms with van der Waals surface area (Å²) in [5, 5.41) is 14.4. The van der Waals surface area contributed by atoms with Gasteiger partial charge in [0.05, 0.1) is 25.9 Å². The van der Waals surface area contributed by atoms with Crippen LogP contribution in [0.3, 0.4) is 0 Å². The monoisotopic (exact) mass is 455 g/mol. The van der Waals surface area contributed by atoms with Gasteiger partial charge in [0.2, 0.25) is 11.8 Å². The summed E-state index contributed by atoms with van der Waals surface area (Å²) in [5.41, 5.74) is 1.35. The van der Waals surface area contributed by atoms with Gasteiger partial charge in [0.25, 0.3) is 0 Å². The maximum absolute atomic E-state index is 12.4. The van der Waals surface area contributed by atoms with Crippen molar-refractivity contribution in [2.75, 3.05) is 30.1 Å². The maximum atomic E-state index is 12.4. The predicted molar refractivity (Wildman–Crippen MR) is 123 cm³/mol. The van der Waals surface area contributed by atoms with Crippen molar-refractivity contribution in [2.45, 2.75) is 18.5 Å². The lowest BCUT2D eigenvalue weighted by atomic mass is 10.3. The molecule has 2 N–H and O–H groups in total. The number of amides is 2. The Hall–Kier alpha value is -3.53. The highest BCUT2D eigenvalue weighted by atomic mass is 32.2. The Kier molecular flexibility index (Phi) is 8.09. The highest BCUT2D eigenvalue weighted by Crippen LogP contribution is 2.19. The molecule has 0 fully saturated rings. The van der Waals surface area contributed by atoms with Crippen molar-refractivity contribution >= 4 is 35.0 Å². The summed E-state index contributed by atoms with van der Waals surface area (Å²) in [7, 11) is 3.35. The fourth-order valence-corrected chi connectivity index (χ4v) is 3.51. The van der Waals surface area contributed by atoms with Gasteiger partial charge >= 0.3 is 0 Å². The van der Waals surface area contributed by atoms with Gasteiger partial charge in [-0.05, 0) is 55.5 Å². The van der Waals surface area contributed by atoms with Gasteiger partial charge in [0.15, 0.2) is 5.16 Å². The van der Waals surface area contributed by atoms with E-state index >= 15 is 0 Å². The quantitative estimate of drug-likeness (QED) is 0.452. The van der Waals surface area contributed by atoms with Gasteiger partial charge in [-0.25, -0.2) is 0 Å². The zero-order valence-corrected chi connectivity index (χ0v) is 18.9. The summed E-state index contributed by atoms with van der Waals surface area (Å²) in [4.78, 5) is 24.6. The zero-order chi connectivity index (χ0) is 22.9. The number of benzene rings is 2. The zero-order valence-electron chi connectivity index (χ0n) is 18.1. The van der Waals surface area contributed by atoms with Crippen LogP contribution < -0.4 is 20.1 Å². The fourth-order valence-electron chi connectivity index (χ4n) is 2.78. The lowest BCUT2D eigenvalue weighted by Crippen LogP contribution is -2.17. The van der Waals surface area contributed by atoms with Gasteiger partial charge in [-0.2, -0.15) is 0 Å². The number of methoxy groups -OCH3 is 1. The molecule has 32 heavy (non-hydrogen) atoms. The van der Waals surface area contributed by atoms with Crippen molar-refractivity contribution in [1.29, 1.82) is 0 Å². The predicted octanol–water partition coefficient (Wildman–Crippen LogP) is 3.13. The molecule has 0 radical (unpaired) electrons. The summed E-state index contributed by atoms with van der Waals surface area (Å²) >= 11 is 1.25. The Labute approximate surface area is 190 Å². The minimum absolute atomic E-state index is 0.0648. The highest BCUT2D eigenvalue weighted by molar-refractivity contribution is 7.99. The third-order valence-electron chi connectivity index (χ3n) is 4.40. The molecule has 2 amide bonds. The molecular weight excluding hydrogens is 430 g/mol. The molecule has 168 valence electrons. The van der Waals surface area contributed by atoms with Crippen molar-refractivity contribution in [1.82, 2.24) is 14.8 Å². The Balaban J connectivity index is 1.49. The molecule has 0 aliphatic heterocycles. The molecule has 9 nitrogen and oxygen atoms in total. The van der Waals surface area contributed by atoms with Crippen LogP contribution in [-0.4, -0.2) is 46.0 Å². The molecule has 1 heterocycles. The van der Waals surface area contributed by atoms with E-state index in [1.165, 1.54) is 11.8 Å². The highest BCUT2D eigenvalue weighted by Gasteiger charge is 2.15. The fraction of sp³-hybridized carbons (Fsp3) is 0.273. The number of hydrogen-bond acceptors (Lipinski definition) is 7. The average Bonchev–Trinajstić information content (AvgIpc) is 3.13. The number of nitrogens with one attached hydrogen (secondary N) is 2. The van der Waals surface area contributed by atoms with E-state index < -0.39 is 0 Å². The Bertz CT molecular complexity index is 1050. The molecule has 0 saturated heterocycles. The second-order valence-electron chi connectivity index (χ2n) is 6.71. The van der Waals surface area contributed by atoms with E-state index in [9.17, 15) is 9.59 Å². The van der Waals surface area contributed by atoms with Gasteiger partial charge in [-0.15, -0.1) is 10.2 Å². The number of carbonyl (C=O) groups excluding carboxylic acids is 2. The van der Waals surface area contributed by atoms with Crippen LogP contribution in [0.1, 0.15) is 12.7 Å². The van der Waals surface area contributed by atoms with E-state index in [4.69, 9.17) is 9.47 Å². The smallest absolute Gasteiger partial charge is 0.234 e. The second-order valence-corrected chi connectivity index (χ2v) is 7.65. The molecule has 1 aromatic heterocycles. The van der Waals surface area contributed by atoms with Gasteiger partial charge in [-0.3, -0.25) is 9.59 Å². The number of thioether (sulfide) groups is 1. The largest absolute Gasteiger partial charge is 0.497 e. The van der Waals surface area contributed by atoms with E-state index in [0.29, 0.717) is 29.0 Å². The lowest BCUT2D eigenvalue weighted by Gasteiger charge is -2.08. The van der Waals surface area contributed by atoms with E-state index in [-0.39, 0.29) is 24.0 Å². The van der Waals surface area contributed by atoms with Crippen LogP contribution in [0.15, 0.2) is 53.7 Å². The van der Waals surface area contributed by atoms with Crippen molar-refractivity contribution in [2.24, 2.45) is 7.05 Å². The summed E-state index contributed by atoms with van der Waals surface area (Å²) < 4.78 is 12.2. The first-order valence-electron chi connectivity index (χ1n) is 9.96. The first-order valence-corrected chi connectivity index (χ1v) is 10.9. The molecule has 0 atom stereocenters. The van der Waals surface area contributed by atoms with Gasteiger partial charge < -0.3 is 24.7 Å². The van der Waals surface area contributed by atoms with E-state index in [2.05, 4.69) is 20.8 Å². The minimum atomic E-state index is -0.210. The molecule has 3 rings (SSSR count). The first kappa shape index (κ1) is 23.1. The normalized spacial score (nSPS) is 10.5. The molecule has 0 spiro atoms. The number of hydrogen-bond donors (Lipinski definition) is 2. The van der Waals surface area contributed by atoms with E-state index in [0.717, 1.165) is 11.5 Å². The van der Waals surface area contributed by atoms with Crippen LogP contribution in [0.2, 0.25) is 0 Å². The molecule has 0 aliphatic carbocycles. The average molecular weight is 456 g/mol. The molecular formula is C22H25N5O4S. The molecule has 0 aliphatic rings. The molecule has 0 unspecified atom stereocenters. The number of ether oxygens (including phenoxy) is 2.